The SMILES string of the molecule is Cc1ccc(Cn2c(CNC(=O)CCc3ccccc3)nc3ccccc32)cc1. The van der Waals surface area contributed by atoms with E-state index < -0.39 is 0 Å². The molecule has 0 radical (unpaired) electrons. The van der Waals surface area contributed by atoms with Gasteiger partial charge in [0.2, 0.25) is 5.91 Å². The number of para-hydroxylation sites is 2. The molecule has 0 fully saturated rings. The van der Waals surface area contributed by atoms with E-state index in [0.29, 0.717) is 13.0 Å². The fraction of sp³-hybridized carbons (Fsp3) is 0.200. The summed E-state index contributed by atoms with van der Waals surface area (Å²) in [6.07, 6.45) is 1.22. The van der Waals surface area contributed by atoms with E-state index in [-0.39, 0.29) is 5.91 Å². The van der Waals surface area contributed by atoms with Crippen molar-refractivity contribution < 1.29 is 4.79 Å². The Hall–Kier alpha value is -3.40. The molecule has 0 aliphatic carbocycles. The molecule has 1 aromatic heterocycles. The first-order chi connectivity index (χ1) is 14.2. The molecule has 0 bridgehead atoms. The molecule has 146 valence electrons. The van der Waals surface area contributed by atoms with Crippen molar-refractivity contribution in [2.45, 2.75) is 32.9 Å². The Kier molecular flexibility index (Phi) is 5.71. The highest BCUT2D eigenvalue weighted by molar-refractivity contribution is 5.77. The zero-order chi connectivity index (χ0) is 20.1. The van der Waals surface area contributed by atoms with E-state index in [1.54, 1.807) is 0 Å². The van der Waals surface area contributed by atoms with Crippen molar-refractivity contribution in [3.8, 4) is 0 Å². The van der Waals surface area contributed by atoms with Gasteiger partial charge in [0, 0.05) is 13.0 Å². The minimum absolute atomic E-state index is 0.0443. The van der Waals surface area contributed by atoms with Crippen LogP contribution in [0.5, 0.6) is 0 Å². The second-order valence-electron chi connectivity index (χ2n) is 7.35. The van der Waals surface area contributed by atoms with Crippen molar-refractivity contribution in [3.63, 3.8) is 0 Å². The number of hydrogen-bond donors (Lipinski definition) is 1. The largest absolute Gasteiger partial charge is 0.349 e. The van der Waals surface area contributed by atoms with E-state index in [4.69, 9.17) is 4.98 Å². The van der Waals surface area contributed by atoms with Gasteiger partial charge in [-0.15, -0.1) is 0 Å². The van der Waals surface area contributed by atoms with Gasteiger partial charge in [-0.2, -0.15) is 0 Å². The summed E-state index contributed by atoms with van der Waals surface area (Å²) in [4.78, 5) is 17.1. The molecule has 1 amide bonds. The van der Waals surface area contributed by atoms with Crippen molar-refractivity contribution in [1.29, 1.82) is 0 Å². The third-order valence-electron chi connectivity index (χ3n) is 5.12. The molecule has 1 N–H and O–H groups in total. The third-order valence-corrected chi connectivity index (χ3v) is 5.12. The number of aromatic nitrogens is 2. The molecular weight excluding hydrogens is 358 g/mol. The normalized spacial score (nSPS) is 10.9. The van der Waals surface area contributed by atoms with Crippen LogP contribution in [0.25, 0.3) is 11.0 Å². The molecule has 4 rings (SSSR count). The van der Waals surface area contributed by atoms with Gasteiger partial charge in [0.15, 0.2) is 0 Å². The minimum Gasteiger partial charge on any atom is -0.349 e. The number of imidazole rings is 1. The monoisotopic (exact) mass is 383 g/mol. The molecule has 0 aliphatic rings. The number of nitrogens with zero attached hydrogens (tertiary/aromatic N) is 2. The predicted octanol–water partition coefficient (Wildman–Crippen LogP) is 4.64. The lowest BCUT2D eigenvalue weighted by molar-refractivity contribution is -0.121. The summed E-state index contributed by atoms with van der Waals surface area (Å²) < 4.78 is 2.19. The van der Waals surface area contributed by atoms with Gasteiger partial charge in [0.25, 0.3) is 0 Å². The number of aryl methyl sites for hydroxylation is 2. The van der Waals surface area contributed by atoms with Gasteiger partial charge < -0.3 is 9.88 Å². The van der Waals surface area contributed by atoms with Gasteiger partial charge in [-0.05, 0) is 36.6 Å². The number of amides is 1. The summed E-state index contributed by atoms with van der Waals surface area (Å²) in [5.41, 5.74) is 5.68. The van der Waals surface area contributed by atoms with Crippen LogP contribution in [0.3, 0.4) is 0 Å². The van der Waals surface area contributed by atoms with Crippen LogP contribution in [0, 0.1) is 6.92 Å². The highest BCUT2D eigenvalue weighted by atomic mass is 16.1. The number of carbonyl (C=O) groups is 1. The molecule has 0 saturated heterocycles. The van der Waals surface area contributed by atoms with Gasteiger partial charge in [-0.25, -0.2) is 4.98 Å². The summed E-state index contributed by atoms with van der Waals surface area (Å²) in [6, 6.07) is 26.7. The second kappa shape index (κ2) is 8.74. The number of fused-ring (bicyclic) bond motifs is 1. The first kappa shape index (κ1) is 18.9. The molecule has 1 heterocycles. The second-order valence-corrected chi connectivity index (χ2v) is 7.35. The maximum atomic E-state index is 12.4. The zero-order valence-electron chi connectivity index (χ0n) is 16.6. The van der Waals surface area contributed by atoms with Gasteiger partial charge >= 0.3 is 0 Å². The van der Waals surface area contributed by atoms with Gasteiger partial charge in [0.05, 0.1) is 17.6 Å². The van der Waals surface area contributed by atoms with Gasteiger partial charge in [-0.3, -0.25) is 4.79 Å². The number of benzene rings is 3. The number of rotatable bonds is 7. The lowest BCUT2D eigenvalue weighted by atomic mass is 10.1. The summed E-state index contributed by atoms with van der Waals surface area (Å²) >= 11 is 0. The number of carbonyl (C=O) groups excluding carboxylic acids is 1. The van der Waals surface area contributed by atoms with E-state index in [9.17, 15) is 4.79 Å². The molecule has 0 atom stereocenters. The average Bonchev–Trinajstić information content (AvgIpc) is 3.10. The standard InChI is InChI=1S/C25H25N3O/c1-19-11-13-21(14-12-19)18-28-23-10-6-5-9-22(23)27-24(28)17-26-25(29)16-15-20-7-3-2-4-8-20/h2-14H,15-18H2,1H3,(H,26,29). The Morgan fingerprint density at radius 3 is 2.41 bits per heavy atom. The Morgan fingerprint density at radius 2 is 1.62 bits per heavy atom. The number of nitrogens with one attached hydrogen (secondary N) is 1. The molecule has 0 spiro atoms. The van der Waals surface area contributed by atoms with Crippen molar-refractivity contribution in [3.05, 3.63) is 101 Å². The molecule has 0 aliphatic heterocycles. The van der Waals surface area contributed by atoms with E-state index in [1.165, 1.54) is 16.7 Å². The van der Waals surface area contributed by atoms with E-state index in [2.05, 4.69) is 47.1 Å². The van der Waals surface area contributed by atoms with Crippen LogP contribution in [-0.4, -0.2) is 15.5 Å². The van der Waals surface area contributed by atoms with E-state index in [1.807, 2.05) is 48.5 Å². The zero-order valence-corrected chi connectivity index (χ0v) is 16.6. The highest BCUT2D eigenvalue weighted by Crippen LogP contribution is 2.18. The quantitative estimate of drug-likeness (QED) is 0.505. The average molecular weight is 383 g/mol. The summed E-state index contributed by atoms with van der Waals surface area (Å²) in [5.74, 6) is 0.919. The lowest BCUT2D eigenvalue weighted by Crippen LogP contribution is -2.25. The van der Waals surface area contributed by atoms with Crippen LogP contribution in [0.4, 0.5) is 0 Å². The Bertz CT molecular complexity index is 1100. The first-order valence-electron chi connectivity index (χ1n) is 9.99. The van der Waals surface area contributed by atoms with E-state index >= 15 is 0 Å². The van der Waals surface area contributed by atoms with Crippen LogP contribution >= 0.6 is 0 Å². The summed E-state index contributed by atoms with van der Waals surface area (Å²) in [6.45, 7) is 3.25. The van der Waals surface area contributed by atoms with E-state index in [0.717, 1.165) is 29.8 Å². The fourth-order valence-electron chi connectivity index (χ4n) is 3.48. The van der Waals surface area contributed by atoms with Crippen molar-refractivity contribution in [2.24, 2.45) is 0 Å². The Morgan fingerprint density at radius 1 is 0.897 bits per heavy atom. The van der Waals surface area contributed by atoms with Crippen LogP contribution in [-0.2, 0) is 24.3 Å². The highest BCUT2D eigenvalue weighted by Gasteiger charge is 2.12. The Balaban J connectivity index is 1.47. The van der Waals surface area contributed by atoms with Crippen LogP contribution in [0.2, 0.25) is 0 Å². The van der Waals surface area contributed by atoms with Crippen molar-refractivity contribution in [1.82, 2.24) is 14.9 Å². The minimum atomic E-state index is 0.0443. The lowest BCUT2D eigenvalue weighted by Gasteiger charge is -2.11. The third kappa shape index (κ3) is 4.72. The summed E-state index contributed by atoms with van der Waals surface area (Å²) in [5, 5.41) is 3.04. The molecule has 4 aromatic rings. The maximum absolute atomic E-state index is 12.4. The molecule has 0 unspecified atom stereocenters. The Labute approximate surface area is 171 Å². The molecule has 4 heteroatoms. The van der Waals surface area contributed by atoms with Crippen LogP contribution in [0.1, 0.15) is 28.9 Å². The topological polar surface area (TPSA) is 46.9 Å². The molecular formula is C25H25N3O. The first-order valence-corrected chi connectivity index (χ1v) is 9.99. The molecule has 3 aromatic carbocycles. The van der Waals surface area contributed by atoms with Crippen molar-refractivity contribution in [2.75, 3.05) is 0 Å². The molecule has 29 heavy (non-hydrogen) atoms. The molecule has 4 nitrogen and oxygen atoms in total. The van der Waals surface area contributed by atoms with Crippen LogP contribution < -0.4 is 5.32 Å². The van der Waals surface area contributed by atoms with Gasteiger partial charge in [0.1, 0.15) is 5.82 Å². The molecule has 0 saturated carbocycles. The van der Waals surface area contributed by atoms with Crippen molar-refractivity contribution >= 4 is 16.9 Å². The van der Waals surface area contributed by atoms with Crippen LogP contribution in [0.15, 0.2) is 78.9 Å². The van der Waals surface area contributed by atoms with Gasteiger partial charge in [-0.1, -0.05) is 72.3 Å². The fourth-order valence-corrected chi connectivity index (χ4v) is 3.48. The number of hydrogen-bond acceptors (Lipinski definition) is 2. The predicted molar refractivity (Wildman–Crippen MR) is 117 cm³/mol. The smallest absolute Gasteiger partial charge is 0.220 e. The maximum Gasteiger partial charge on any atom is 0.220 e. The summed E-state index contributed by atoms with van der Waals surface area (Å²) in [7, 11) is 0.